The number of hydrogen-bond acceptors (Lipinski definition) is 4. The number of carbonyl (C=O) groups excluding carboxylic acids is 1. The summed E-state index contributed by atoms with van der Waals surface area (Å²) in [6, 6.07) is 10.8. The number of carbonyl (C=O) groups is 1. The number of aryl methyl sites for hydroxylation is 1. The predicted octanol–water partition coefficient (Wildman–Crippen LogP) is 1.50. The Balaban J connectivity index is 1.41. The molecule has 4 rings (SSSR count). The first kappa shape index (κ1) is 19.2. The lowest BCUT2D eigenvalue weighted by atomic mass is 9.90. The molecule has 1 aromatic carbocycles. The molecule has 1 saturated heterocycles. The predicted molar refractivity (Wildman–Crippen MR) is 111 cm³/mol. The van der Waals surface area contributed by atoms with E-state index in [4.69, 9.17) is 0 Å². The van der Waals surface area contributed by atoms with Gasteiger partial charge >= 0.3 is 0 Å². The second-order valence-corrected chi connectivity index (χ2v) is 8.12. The largest absolute Gasteiger partial charge is 0.350 e. The summed E-state index contributed by atoms with van der Waals surface area (Å²) in [6.07, 6.45) is 3.94. The molecule has 1 aliphatic carbocycles. The van der Waals surface area contributed by atoms with E-state index in [1.54, 1.807) is 0 Å². The first-order valence-corrected chi connectivity index (χ1v) is 10.4. The Labute approximate surface area is 167 Å². The minimum absolute atomic E-state index is 0.0354. The third kappa shape index (κ3) is 4.13. The van der Waals surface area contributed by atoms with Crippen LogP contribution in [-0.2, 0) is 26.3 Å². The SMILES string of the molecule is CN1CCN([C@H]2CCc3c(c(C(=O)NCCc4ccccc4)nn3C)C2)CC1. The van der Waals surface area contributed by atoms with E-state index >= 15 is 0 Å². The van der Waals surface area contributed by atoms with Crippen molar-refractivity contribution < 1.29 is 4.79 Å². The molecule has 2 aromatic rings. The van der Waals surface area contributed by atoms with Crippen molar-refractivity contribution in [3.63, 3.8) is 0 Å². The van der Waals surface area contributed by atoms with Crippen molar-refractivity contribution in [1.82, 2.24) is 24.9 Å². The zero-order chi connectivity index (χ0) is 19.5. The highest BCUT2D eigenvalue weighted by atomic mass is 16.1. The lowest BCUT2D eigenvalue weighted by Crippen LogP contribution is -2.50. The lowest BCUT2D eigenvalue weighted by Gasteiger charge is -2.39. The molecule has 2 heterocycles. The second kappa shape index (κ2) is 8.45. The number of fused-ring (bicyclic) bond motifs is 1. The molecule has 28 heavy (non-hydrogen) atoms. The highest BCUT2D eigenvalue weighted by Gasteiger charge is 2.32. The van der Waals surface area contributed by atoms with E-state index in [1.165, 1.54) is 11.3 Å². The molecule has 0 saturated carbocycles. The van der Waals surface area contributed by atoms with Crippen molar-refractivity contribution in [3.05, 3.63) is 52.8 Å². The normalized spacial score (nSPS) is 20.7. The van der Waals surface area contributed by atoms with Crippen molar-refractivity contribution in [2.45, 2.75) is 31.7 Å². The molecule has 1 N–H and O–H groups in total. The van der Waals surface area contributed by atoms with Gasteiger partial charge in [0.2, 0.25) is 0 Å². The summed E-state index contributed by atoms with van der Waals surface area (Å²) in [4.78, 5) is 17.8. The molecule has 1 aromatic heterocycles. The Kier molecular flexibility index (Phi) is 5.78. The molecular formula is C22H31N5O. The van der Waals surface area contributed by atoms with Crippen LogP contribution in [0.15, 0.2) is 30.3 Å². The Bertz CT molecular complexity index is 808. The van der Waals surface area contributed by atoms with Crippen LogP contribution in [0.25, 0.3) is 0 Å². The first-order chi connectivity index (χ1) is 13.6. The average molecular weight is 382 g/mol. The maximum Gasteiger partial charge on any atom is 0.272 e. The van der Waals surface area contributed by atoms with Gasteiger partial charge in [0.05, 0.1) is 0 Å². The molecule has 0 bridgehead atoms. The molecule has 0 unspecified atom stereocenters. The van der Waals surface area contributed by atoms with Crippen molar-refractivity contribution in [1.29, 1.82) is 0 Å². The van der Waals surface area contributed by atoms with E-state index in [-0.39, 0.29) is 5.91 Å². The molecule has 1 atom stereocenters. The van der Waals surface area contributed by atoms with E-state index in [9.17, 15) is 4.79 Å². The zero-order valence-electron chi connectivity index (χ0n) is 17.0. The number of hydrogen-bond donors (Lipinski definition) is 1. The number of amides is 1. The van der Waals surface area contributed by atoms with Gasteiger partial charge in [0.25, 0.3) is 5.91 Å². The summed E-state index contributed by atoms with van der Waals surface area (Å²) in [5, 5.41) is 7.66. The monoisotopic (exact) mass is 381 g/mol. The van der Waals surface area contributed by atoms with Crippen molar-refractivity contribution >= 4 is 5.91 Å². The Morgan fingerprint density at radius 1 is 1.14 bits per heavy atom. The van der Waals surface area contributed by atoms with Crippen LogP contribution in [0.5, 0.6) is 0 Å². The summed E-state index contributed by atoms with van der Waals surface area (Å²) in [6.45, 7) is 5.13. The smallest absolute Gasteiger partial charge is 0.272 e. The van der Waals surface area contributed by atoms with Gasteiger partial charge in [-0.15, -0.1) is 0 Å². The fourth-order valence-corrected chi connectivity index (χ4v) is 4.50. The van der Waals surface area contributed by atoms with Gasteiger partial charge in [-0.25, -0.2) is 0 Å². The first-order valence-electron chi connectivity index (χ1n) is 10.4. The molecule has 6 nitrogen and oxygen atoms in total. The number of aromatic nitrogens is 2. The van der Waals surface area contributed by atoms with Crippen LogP contribution >= 0.6 is 0 Å². The fraction of sp³-hybridized carbons (Fsp3) is 0.545. The lowest BCUT2D eigenvalue weighted by molar-refractivity contribution is 0.0941. The number of likely N-dealkylation sites (N-methyl/N-ethyl adjacent to an activating group) is 1. The van der Waals surface area contributed by atoms with Crippen LogP contribution in [0, 0.1) is 0 Å². The van der Waals surface area contributed by atoms with Gasteiger partial charge in [-0.2, -0.15) is 5.10 Å². The van der Waals surface area contributed by atoms with Crippen LogP contribution in [0.1, 0.15) is 33.7 Å². The van der Waals surface area contributed by atoms with Gasteiger partial charge in [0.15, 0.2) is 5.69 Å². The number of piperazine rings is 1. The second-order valence-electron chi connectivity index (χ2n) is 8.12. The van der Waals surface area contributed by atoms with E-state index in [2.05, 4.69) is 39.4 Å². The Hall–Kier alpha value is -2.18. The fourth-order valence-electron chi connectivity index (χ4n) is 4.50. The molecule has 2 aliphatic rings. The van der Waals surface area contributed by atoms with Crippen LogP contribution in [0.3, 0.4) is 0 Å². The molecule has 1 fully saturated rings. The Morgan fingerprint density at radius 2 is 1.89 bits per heavy atom. The summed E-state index contributed by atoms with van der Waals surface area (Å²) in [7, 11) is 4.16. The maximum absolute atomic E-state index is 12.8. The standard InChI is InChI=1S/C22H31N5O/c1-25-12-14-27(15-13-25)18-8-9-20-19(16-18)21(24-26(20)2)22(28)23-11-10-17-6-4-3-5-7-17/h3-7,18H,8-16H2,1-2H3,(H,23,28)/t18-/m0/s1. The van der Waals surface area contributed by atoms with Crippen molar-refractivity contribution in [2.75, 3.05) is 39.8 Å². The van der Waals surface area contributed by atoms with Crippen molar-refractivity contribution in [3.8, 4) is 0 Å². The maximum atomic E-state index is 12.8. The van der Waals surface area contributed by atoms with E-state index < -0.39 is 0 Å². The van der Waals surface area contributed by atoms with Gasteiger partial charge in [-0.1, -0.05) is 30.3 Å². The van der Waals surface area contributed by atoms with E-state index in [0.717, 1.165) is 57.4 Å². The number of nitrogens with zero attached hydrogens (tertiary/aromatic N) is 4. The van der Waals surface area contributed by atoms with Gasteiger partial charge in [-0.3, -0.25) is 14.4 Å². The van der Waals surface area contributed by atoms with Crippen LogP contribution in [0.2, 0.25) is 0 Å². The van der Waals surface area contributed by atoms with E-state index in [1.807, 2.05) is 29.9 Å². The quantitative estimate of drug-likeness (QED) is 0.853. The van der Waals surface area contributed by atoms with Crippen molar-refractivity contribution in [2.24, 2.45) is 7.05 Å². The zero-order valence-corrected chi connectivity index (χ0v) is 17.0. The third-order valence-corrected chi connectivity index (χ3v) is 6.24. The van der Waals surface area contributed by atoms with Crippen LogP contribution in [-0.4, -0.2) is 71.3 Å². The molecular weight excluding hydrogens is 350 g/mol. The molecule has 1 amide bonds. The Morgan fingerprint density at radius 3 is 2.64 bits per heavy atom. The van der Waals surface area contributed by atoms with Crippen LogP contribution < -0.4 is 5.32 Å². The molecule has 0 spiro atoms. The van der Waals surface area contributed by atoms with E-state index in [0.29, 0.717) is 18.3 Å². The van der Waals surface area contributed by atoms with Gasteiger partial charge in [-0.05, 0) is 38.3 Å². The highest BCUT2D eigenvalue weighted by Crippen LogP contribution is 2.27. The number of benzene rings is 1. The van der Waals surface area contributed by atoms with Gasteiger partial charge in [0, 0.05) is 57.1 Å². The summed E-state index contributed by atoms with van der Waals surface area (Å²) < 4.78 is 1.92. The number of rotatable bonds is 5. The summed E-state index contributed by atoms with van der Waals surface area (Å²) in [5.74, 6) is -0.0354. The molecule has 1 aliphatic heterocycles. The topological polar surface area (TPSA) is 53.4 Å². The minimum Gasteiger partial charge on any atom is -0.350 e. The van der Waals surface area contributed by atoms with Crippen LogP contribution in [0.4, 0.5) is 0 Å². The summed E-state index contributed by atoms with van der Waals surface area (Å²) in [5.41, 5.74) is 4.26. The summed E-state index contributed by atoms with van der Waals surface area (Å²) >= 11 is 0. The number of nitrogens with one attached hydrogen (secondary N) is 1. The molecule has 0 radical (unpaired) electrons. The molecule has 6 heteroatoms. The van der Waals surface area contributed by atoms with Gasteiger partial charge in [0.1, 0.15) is 0 Å². The van der Waals surface area contributed by atoms with Gasteiger partial charge < -0.3 is 10.2 Å². The molecule has 150 valence electrons. The third-order valence-electron chi connectivity index (χ3n) is 6.24. The average Bonchev–Trinajstić information content (AvgIpc) is 3.05. The minimum atomic E-state index is -0.0354. The highest BCUT2D eigenvalue weighted by molar-refractivity contribution is 5.94.